The molecule has 0 amide bonds. The number of aromatic nitrogens is 2. The molecular formula is C8H14N3S. The van der Waals surface area contributed by atoms with Gasteiger partial charge in [0.25, 0.3) is 0 Å². The summed E-state index contributed by atoms with van der Waals surface area (Å²) in [6.07, 6.45) is 5.21. The number of hydrogen-bond acceptors (Lipinski definition) is 4. The van der Waals surface area contributed by atoms with E-state index in [0.29, 0.717) is 0 Å². The first-order valence-electron chi connectivity index (χ1n) is 4.33. The zero-order valence-electron chi connectivity index (χ0n) is 7.58. The molecule has 0 atom stereocenters. The van der Waals surface area contributed by atoms with Gasteiger partial charge in [-0.2, -0.15) is 0 Å². The van der Waals surface area contributed by atoms with Crippen molar-refractivity contribution in [2.45, 2.75) is 26.7 Å². The summed E-state index contributed by atoms with van der Waals surface area (Å²) in [4.78, 5) is 2.28. The Morgan fingerprint density at radius 3 is 2.42 bits per heavy atom. The Morgan fingerprint density at radius 2 is 2.00 bits per heavy atom. The van der Waals surface area contributed by atoms with E-state index >= 15 is 0 Å². The monoisotopic (exact) mass is 184 g/mol. The van der Waals surface area contributed by atoms with E-state index in [1.54, 1.807) is 0 Å². The van der Waals surface area contributed by atoms with Crippen LogP contribution in [0.4, 0.5) is 5.00 Å². The molecule has 1 rings (SSSR count). The highest BCUT2D eigenvalue weighted by Crippen LogP contribution is 2.16. The van der Waals surface area contributed by atoms with Crippen molar-refractivity contribution in [3.05, 3.63) is 6.20 Å². The molecule has 0 aliphatic carbocycles. The summed E-state index contributed by atoms with van der Waals surface area (Å²) in [7, 11) is 0. The van der Waals surface area contributed by atoms with Crippen molar-refractivity contribution in [3.63, 3.8) is 0 Å². The van der Waals surface area contributed by atoms with Gasteiger partial charge in [-0.3, -0.25) is 0 Å². The fourth-order valence-electron chi connectivity index (χ4n) is 1.13. The van der Waals surface area contributed by atoms with Crippen LogP contribution in [0.25, 0.3) is 0 Å². The van der Waals surface area contributed by atoms with Crippen LogP contribution >= 0.6 is 11.5 Å². The molecule has 0 fully saturated rings. The molecule has 0 saturated carbocycles. The quantitative estimate of drug-likeness (QED) is 0.700. The fourth-order valence-corrected chi connectivity index (χ4v) is 1.66. The molecule has 1 aromatic heterocycles. The molecule has 0 aromatic carbocycles. The Bertz CT molecular complexity index is 192. The van der Waals surface area contributed by atoms with Crippen molar-refractivity contribution in [1.82, 2.24) is 9.59 Å². The summed E-state index contributed by atoms with van der Waals surface area (Å²) in [5.74, 6) is 0. The maximum Gasteiger partial charge on any atom is 0.153 e. The number of rotatable bonds is 5. The van der Waals surface area contributed by atoms with Gasteiger partial charge < -0.3 is 4.90 Å². The van der Waals surface area contributed by atoms with Crippen LogP contribution in [0.3, 0.4) is 0 Å². The molecule has 0 aliphatic rings. The van der Waals surface area contributed by atoms with Gasteiger partial charge in [-0.05, 0) is 12.8 Å². The van der Waals surface area contributed by atoms with Gasteiger partial charge in [0.15, 0.2) is 6.20 Å². The molecule has 0 bridgehead atoms. The first-order chi connectivity index (χ1) is 5.88. The van der Waals surface area contributed by atoms with Crippen LogP contribution in [0.5, 0.6) is 0 Å². The second-order valence-corrected chi connectivity index (χ2v) is 3.41. The van der Waals surface area contributed by atoms with Crippen LogP contribution in [-0.2, 0) is 0 Å². The van der Waals surface area contributed by atoms with Crippen LogP contribution in [0.1, 0.15) is 26.7 Å². The van der Waals surface area contributed by atoms with Crippen LogP contribution < -0.4 is 4.90 Å². The molecule has 12 heavy (non-hydrogen) atoms. The molecule has 1 heterocycles. The molecule has 0 spiro atoms. The van der Waals surface area contributed by atoms with E-state index in [9.17, 15) is 0 Å². The minimum atomic E-state index is 1.07. The highest BCUT2D eigenvalue weighted by atomic mass is 32.1. The Labute approximate surface area is 77.6 Å². The smallest absolute Gasteiger partial charge is 0.153 e. The van der Waals surface area contributed by atoms with Crippen LogP contribution in [0.2, 0.25) is 0 Å². The second-order valence-electron chi connectivity index (χ2n) is 2.68. The number of hydrogen-bond donors (Lipinski definition) is 0. The van der Waals surface area contributed by atoms with Gasteiger partial charge in [-0.15, -0.1) is 5.10 Å². The summed E-state index contributed by atoms with van der Waals surface area (Å²) in [6.45, 7) is 6.51. The van der Waals surface area contributed by atoms with Crippen molar-refractivity contribution in [2.24, 2.45) is 0 Å². The molecule has 0 aliphatic heterocycles. The molecule has 1 radical (unpaired) electrons. The SMILES string of the molecule is CCCN(CCC)c1[c]nns1. The fraction of sp³-hybridized carbons (Fsp3) is 0.750. The van der Waals surface area contributed by atoms with Crippen molar-refractivity contribution in [2.75, 3.05) is 18.0 Å². The van der Waals surface area contributed by atoms with Gasteiger partial charge in [-0.25, -0.2) is 0 Å². The molecule has 0 saturated heterocycles. The predicted octanol–water partition coefficient (Wildman–Crippen LogP) is 1.96. The Balaban J connectivity index is 2.53. The topological polar surface area (TPSA) is 29.0 Å². The average Bonchev–Trinajstić information content (AvgIpc) is 2.56. The van der Waals surface area contributed by atoms with E-state index in [1.807, 2.05) is 0 Å². The minimum absolute atomic E-state index is 1.07. The highest BCUT2D eigenvalue weighted by Gasteiger charge is 2.06. The van der Waals surface area contributed by atoms with Crippen molar-refractivity contribution in [1.29, 1.82) is 0 Å². The lowest BCUT2D eigenvalue weighted by atomic mass is 10.4. The second kappa shape index (κ2) is 5.09. The van der Waals surface area contributed by atoms with E-state index in [-0.39, 0.29) is 0 Å². The standard InChI is InChI=1S/C8H14N3S/c1-3-5-11(6-4-2)8-7-9-10-12-8/h3-6H2,1-2H3. The molecule has 67 valence electrons. The maximum atomic E-state index is 3.80. The van der Waals surface area contributed by atoms with Gasteiger partial charge in [0.2, 0.25) is 0 Å². The summed E-state index contributed by atoms with van der Waals surface area (Å²) < 4.78 is 3.80. The molecule has 0 N–H and O–H groups in total. The van der Waals surface area contributed by atoms with Crippen molar-refractivity contribution in [3.8, 4) is 0 Å². The van der Waals surface area contributed by atoms with E-state index in [2.05, 4.69) is 34.5 Å². The lowest BCUT2D eigenvalue weighted by Crippen LogP contribution is -2.23. The van der Waals surface area contributed by atoms with Crippen LogP contribution in [0, 0.1) is 6.20 Å². The first-order valence-corrected chi connectivity index (χ1v) is 5.10. The molecule has 3 nitrogen and oxygen atoms in total. The summed E-state index contributed by atoms with van der Waals surface area (Å²) in [6, 6.07) is 0. The summed E-state index contributed by atoms with van der Waals surface area (Å²) >= 11 is 1.42. The predicted molar refractivity (Wildman–Crippen MR) is 51.5 cm³/mol. The Kier molecular flexibility index (Phi) is 4.00. The van der Waals surface area contributed by atoms with Crippen molar-refractivity contribution < 1.29 is 0 Å². The average molecular weight is 184 g/mol. The number of anilines is 1. The van der Waals surface area contributed by atoms with Gasteiger partial charge >= 0.3 is 0 Å². The molecule has 1 aromatic rings. The minimum Gasteiger partial charge on any atom is -0.360 e. The normalized spacial score (nSPS) is 10.2. The van der Waals surface area contributed by atoms with E-state index in [1.165, 1.54) is 11.5 Å². The Morgan fingerprint density at radius 1 is 1.33 bits per heavy atom. The van der Waals surface area contributed by atoms with E-state index in [0.717, 1.165) is 30.9 Å². The van der Waals surface area contributed by atoms with Gasteiger partial charge in [-0.1, -0.05) is 18.3 Å². The van der Waals surface area contributed by atoms with Crippen LogP contribution in [0.15, 0.2) is 0 Å². The maximum absolute atomic E-state index is 3.80. The third-order valence-electron chi connectivity index (χ3n) is 1.59. The van der Waals surface area contributed by atoms with Gasteiger partial charge in [0.05, 0.1) is 0 Å². The van der Waals surface area contributed by atoms with E-state index in [4.69, 9.17) is 0 Å². The molecule has 4 heteroatoms. The van der Waals surface area contributed by atoms with Gasteiger partial charge in [0.1, 0.15) is 5.00 Å². The molecule has 0 unspecified atom stereocenters. The lowest BCUT2D eigenvalue weighted by molar-refractivity contribution is 0.749. The third-order valence-corrected chi connectivity index (χ3v) is 2.27. The molecular weight excluding hydrogens is 170 g/mol. The zero-order chi connectivity index (χ0) is 8.81. The summed E-state index contributed by atoms with van der Waals surface area (Å²) in [5.41, 5.74) is 0. The van der Waals surface area contributed by atoms with Crippen molar-refractivity contribution >= 4 is 16.5 Å². The largest absolute Gasteiger partial charge is 0.360 e. The highest BCUT2D eigenvalue weighted by molar-refractivity contribution is 7.09. The van der Waals surface area contributed by atoms with Crippen LogP contribution in [-0.4, -0.2) is 22.7 Å². The first kappa shape index (κ1) is 9.45. The zero-order valence-corrected chi connectivity index (χ0v) is 8.39. The summed E-state index contributed by atoms with van der Waals surface area (Å²) in [5, 5.41) is 4.78. The number of nitrogens with zero attached hydrogens (tertiary/aromatic N) is 3. The van der Waals surface area contributed by atoms with E-state index < -0.39 is 0 Å². The lowest BCUT2D eigenvalue weighted by Gasteiger charge is -2.19. The van der Waals surface area contributed by atoms with Gasteiger partial charge in [0, 0.05) is 24.6 Å². The third kappa shape index (κ3) is 2.44. The Hall–Kier alpha value is -0.640.